The second-order valence-corrected chi connectivity index (χ2v) is 8.06. The molecule has 1 N–H and O–H groups in total. The number of amides is 2. The molecule has 0 spiro atoms. The maximum absolute atomic E-state index is 12.7. The number of carbonyl (C=O) groups excluding carboxylic acids is 2. The van der Waals surface area contributed by atoms with Gasteiger partial charge in [-0.2, -0.15) is 0 Å². The molecule has 0 bridgehead atoms. The molecule has 1 aliphatic heterocycles. The number of carbonyl (C=O) groups is 2. The molecule has 2 aromatic rings. The van der Waals surface area contributed by atoms with Gasteiger partial charge in [0.15, 0.2) is 0 Å². The Morgan fingerprint density at radius 3 is 2.73 bits per heavy atom. The van der Waals surface area contributed by atoms with Crippen LogP contribution in [0.2, 0.25) is 0 Å². The first-order valence-electron chi connectivity index (χ1n) is 7.92. The van der Waals surface area contributed by atoms with Crippen LogP contribution in [0.3, 0.4) is 0 Å². The second kappa shape index (κ2) is 7.88. The van der Waals surface area contributed by atoms with Crippen LogP contribution >= 0.6 is 23.1 Å². The average Bonchev–Trinajstić information content (AvgIpc) is 3.27. The van der Waals surface area contributed by atoms with Gasteiger partial charge < -0.3 is 10.2 Å². The lowest BCUT2D eigenvalue weighted by molar-refractivity contribution is -0.385. The quantitative estimate of drug-likeness (QED) is 0.625. The van der Waals surface area contributed by atoms with Gasteiger partial charge in [0.25, 0.3) is 11.6 Å². The van der Waals surface area contributed by atoms with Crippen LogP contribution in [0.4, 0.5) is 5.69 Å². The highest BCUT2D eigenvalue weighted by atomic mass is 32.2. The molecule has 1 saturated heterocycles. The molecule has 0 saturated carbocycles. The van der Waals surface area contributed by atoms with Crippen molar-refractivity contribution in [2.45, 2.75) is 19.5 Å². The summed E-state index contributed by atoms with van der Waals surface area (Å²) in [7, 11) is 0. The van der Waals surface area contributed by atoms with Gasteiger partial charge in [0.1, 0.15) is 6.04 Å². The molecule has 2 amide bonds. The molecule has 26 heavy (non-hydrogen) atoms. The molecule has 0 aliphatic carbocycles. The Balaban J connectivity index is 1.69. The summed E-state index contributed by atoms with van der Waals surface area (Å²) in [5.74, 6) is 0.359. The van der Waals surface area contributed by atoms with Crippen molar-refractivity contribution in [2.75, 3.05) is 11.6 Å². The third-order valence-electron chi connectivity index (χ3n) is 4.05. The van der Waals surface area contributed by atoms with E-state index >= 15 is 0 Å². The minimum Gasteiger partial charge on any atom is -0.350 e. The van der Waals surface area contributed by atoms with Crippen LogP contribution in [0.1, 0.15) is 20.1 Å². The number of nitrogens with zero attached hydrogens (tertiary/aromatic N) is 2. The fraction of sp³-hybridized carbons (Fsp3) is 0.294. The Morgan fingerprint density at radius 2 is 2.08 bits per heavy atom. The van der Waals surface area contributed by atoms with Gasteiger partial charge in [-0.15, -0.1) is 23.1 Å². The minimum absolute atomic E-state index is 0.0599. The van der Waals surface area contributed by atoms with Crippen LogP contribution in [0, 0.1) is 17.0 Å². The SMILES string of the molecule is Cc1sc(C(=O)N2CSC[C@H]2C(=O)NCc2ccccc2)cc1[N+](=O)[O-]. The molecule has 1 fully saturated rings. The fourth-order valence-electron chi connectivity index (χ4n) is 2.66. The lowest BCUT2D eigenvalue weighted by Crippen LogP contribution is -2.46. The summed E-state index contributed by atoms with van der Waals surface area (Å²) in [5.41, 5.74) is 0.921. The molecule has 9 heteroatoms. The molecule has 1 aliphatic rings. The number of benzene rings is 1. The molecule has 1 atom stereocenters. The number of nitro groups is 1. The zero-order valence-electron chi connectivity index (χ0n) is 14.0. The molecule has 136 valence electrons. The number of aryl methyl sites for hydroxylation is 1. The Kier molecular flexibility index (Phi) is 5.58. The molecule has 2 heterocycles. The first-order valence-corrected chi connectivity index (χ1v) is 9.89. The van der Waals surface area contributed by atoms with Gasteiger partial charge in [-0.1, -0.05) is 30.3 Å². The van der Waals surface area contributed by atoms with E-state index in [1.807, 2.05) is 30.3 Å². The Hall–Kier alpha value is -2.39. The molecule has 7 nitrogen and oxygen atoms in total. The highest BCUT2D eigenvalue weighted by Gasteiger charge is 2.36. The van der Waals surface area contributed by atoms with E-state index in [0.717, 1.165) is 16.9 Å². The summed E-state index contributed by atoms with van der Waals surface area (Å²) in [6, 6.07) is 10.3. The maximum Gasteiger partial charge on any atom is 0.283 e. The Labute approximate surface area is 158 Å². The van der Waals surface area contributed by atoms with Crippen molar-refractivity contribution in [2.24, 2.45) is 0 Å². The number of rotatable bonds is 5. The number of hydrogen-bond acceptors (Lipinski definition) is 6. The number of nitrogens with one attached hydrogen (secondary N) is 1. The summed E-state index contributed by atoms with van der Waals surface area (Å²) in [6.07, 6.45) is 0. The van der Waals surface area contributed by atoms with E-state index in [2.05, 4.69) is 5.32 Å². The maximum atomic E-state index is 12.7. The second-order valence-electron chi connectivity index (χ2n) is 5.80. The fourth-order valence-corrected chi connectivity index (χ4v) is 4.76. The molecule has 0 radical (unpaired) electrons. The Morgan fingerprint density at radius 1 is 1.35 bits per heavy atom. The van der Waals surface area contributed by atoms with E-state index in [1.165, 1.54) is 22.7 Å². The topological polar surface area (TPSA) is 92.6 Å². The Bertz CT molecular complexity index is 838. The first kappa shape index (κ1) is 18.4. The van der Waals surface area contributed by atoms with Gasteiger partial charge in [0, 0.05) is 18.4 Å². The normalized spacial score (nSPS) is 16.5. The zero-order valence-corrected chi connectivity index (χ0v) is 15.6. The predicted molar refractivity (Wildman–Crippen MR) is 101 cm³/mol. The third kappa shape index (κ3) is 3.88. The van der Waals surface area contributed by atoms with Gasteiger partial charge in [-0.25, -0.2) is 0 Å². The van der Waals surface area contributed by atoms with E-state index in [1.54, 1.807) is 6.92 Å². The van der Waals surface area contributed by atoms with Gasteiger partial charge in [-0.05, 0) is 12.5 Å². The summed E-state index contributed by atoms with van der Waals surface area (Å²) in [5, 5.41) is 13.9. The molecule has 1 aromatic heterocycles. The van der Waals surface area contributed by atoms with Crippen LogP contribution in [-0.4, -0.2) is 39.3 Å². The van der Waals surface area contributed by atoms with Crippen molar-refractivity contribution in [1.82, 2.24) is 10.2 Å². The molecular formula is C17H17N3O4S2. The van der Waals surface area contributed by atoms with Crippen molar-refractivity contribution >= 4 is 40.6 Å². The highest BCUT2D eigenvalue weighted by molar-refractivity contribution is 7.99. The van der Waals surface area contributed by atoms with E-state index in [4.69, 9.17) is 0 Å². The third-order valence-corrected chi connectivity index (χ3v) is 6.09. The zero-order chi connectivity index (χ0) is 18.7. The first-order chi connectivity index (χ1) is 12.5. The van der Waals surface area contributed by atoms with E-state index in [-0.39, 0.29) is 22.4 Å². The van der Waals surface area contributed by atoms with Crippen LogP contribution in [0.5, 0.6) is 0 Å². The van der Waals surface area contributed by atoms with E-state index in [0.29, 0.717) is 23.1 Å². The number of thiophene rings is 1. The average molecular weight is 391 g/mol. The van der Waals surface area contributed by atoms with Crippen LogP contribution in [0.25, 0.3) is 0 Å². The molecule has 1 aromatic carbocycles. The van der Waals surface area contributed by atoms with Gasteiger partial charge in [-0.3, -0.25) is 19.7 Å². The van der Waals surface area contributed by atoms with Gasteiger partial charge >= 0.3 is 0 Å². The minimum atomic E-state index is -0.572. The standard InChI is InChI=1S/C17H17N3O4S2/c1-11-13(20(23)24)7-15(26-11)17(22)19-10-25-9-14(19)16(21)18-8-12-5-3-2-4-6-12/h2-7,14H,8-10H2,1H3,(H,18,21)/t14-/m0/s1. The van der Waals surface area contributed by atoms with E-state index in [9.17, 15) is 19.7 Å². The number of hydrogen-bond donors (Lipinski definition) is 1. The summed E-state index contributed by atoms with van der Waals surface area (Å²) >= 11 is 2.58. The summed E-state index contributed by atoms with van der Waals surface area (Å²) in [6.45, 7) is 2.01. The molecule has 3 rings (SSSR count). The van der Waals surface area contributed by atoms with Crippen molar-refractivity contribution in [3.63, 3.8) is 0 Å². The predicted octanol–water partition coefficient (Wildman–Crippen LogP) is 2.80. The van der Waals surface area contributed by atoms with Crippen LogP contribution in [0.15, 0.2) is 36.4 Å². The largest absolute Gasteiger partial charge is 0.350 e. The highest BCUT2D eigenvalue weighted by Crippen LogP contribution is 2.31. The molecular weight excluding hydrogens is 374 g/mol. The monoisotopic (exact) mass is 391 g/mol. The van der Waals surface area contributed by atoms with Crippen molar-refractivity contribution in [1.29, 1.82) is 0 Å². The number of thioether (sulfide) groups is 1. The van der Waals surface area contributed by atoms with Crippen LogP contribution in [-0.2, 0) is 11.3 Å². The van der Waals surface area contributed by atoms with Crippen molar-refractivity contribution < 1.29 is 14.5 Å². The lowest BCUT2D eigenvalue weighted by atomic mass is 10.2. The van der Waals surface area contributed by atoms with E-state index < -0.39 is 11.0 Å². The molecule has 0 unspecified atom stereocenters. The van der Waals surface area contributed by atoms with Crippen LogP contribution < -0.4 is 5.32 Å². The lowest BCUT2D eigenvalue weighted by Gasteiger charge is -2.22. The van der Waals surface area contributed by atoms with Gasteiger partial charge in [0.05, 0.1) is 20.6 Å². The van der Waals surface area contributed by atoms with Gasteiger partial charge in [0.2, 0.25) is 5.91 Å². The smallest absolute Gasteiger partial charge is 0.283 e. The van der Waals surface area contributed by atoms with Crippen molar-refractivity contribution in [3.05, 3.63) is 61.8 Å². The summed E-state index contributed by atoms with van der Waals surface area (Å²) < 4.78 is 0. The summed E-state index contributed by atoms with van der Waals surface area (Å²) in [4.78, 5) is 38.0. The van der Waals surface area contributed by atoms with Crippen molar-refractivity contribution in [3.8, 4) is 0 Å².